The van der Waals surface area contributed by atoms with E-state index < -0.39 is 22.4 Å². The minimum atomic E-state index is -4.62. The lowest BCUT2D eigenvalue weighted by atomic mass is 10.1. The fourth-order valence-electron chi connectivity index (χ4n) is 1.57. The standard InChI is InChI=1S/C12H15F3N2O4/c13-12(14,15)9-2-3-10(11(8-9)17(19)20)16-4-1-6-21-7-5-18/h2-3,8,16,18H,1,4-7H2. The van der Waals surface area contributed by atoms with Crippen molar-refractivity contribution in [2.45, 2.75) is 12.6 Å². The third-order valence-electron chi connectivity index (χ3n) is 2.54. The lowest BCUT2D eigenvalue weighted by Gasteiger charge is -2.10. The molecule has 1 aromatic carbocycles. The van der Waals surface area contributed by atoms with Crippen LogP contribution in [0.25, 0.3) is 0 Å². The van der Waals surface area contributed by atoms with Gasteiger partial charge < -0.3 is 15.2 Å². The van der Waals surface area contributed by atoms with Gasteiger partial charge in [-0.15, -0.1) is 0 Å². The summed E-state index contributed by atoms with van der Waals surface area (Å²) in [4.78, 5) is 9.96. The summed E-state index contributed by atoms with van der Waals surface area (Å²) in [6, 6.07) is 2.33. The Morgan fingerprint density at radius 2 is 2.05 bits per heavy atom. The summed E-state index contributed by atoms with van der Waals surface area (Å²) in [6.45, 7) is 0.734. The fraction of sp³-hybridized carbons (Fsp3) is 0.500. The molecule has 0 saturated heterocycles. The third-order valence-corrected chi connectivity index (χ3v) is 2.54. The Bertz CT molecular complexity index is 480. The van der Waals surface area contributed by atoms with Crippen LogP contribution in [0, 0.1) is 10.1 Å². The zero-order valence-corrected chi connectivity index (χ0v) is 11.0. The van der Waals surface area contributed by atoms with Gasteiger partial charge in [-0.1, -0.05) is 0 Å². The average Bonchev–Trinajstić information content (AvgIpc) is 2.41. The number of aliphatic hydroxyl groups is 1. The van der Waals surface area contributed by atoms with Crippen LogP contribution in [-0.4, -0.2) is 36.4 Å². The number of anilines is 1. The molecule has 9 heteroatoms. The highest BCUT2D eigenvalue weighted by molar-refractivity contribution is 5.62. The van der Waals surface area contributed by atoms with Crippen LogP contribution in [0.5, 0.6) is 0 Å². The molecule has 0 amide bonds. The van der Waals surface area contributed by atoms with Crippen molar-refractivity contribution >= 4 is 11.4 Å². The highest BCUT2D eigenvalue weighted by Gasteiger charge is 2.32. The first kappa shape index (κ1) is 17.2. The number of aliphatic hydroxyl groups excluding tert-OH is 1. The Morgan fingerprint density at radius 3 is 2.62 bits per heavy atom. The van der Waals surface area contributed by atoms with Gasteiger partial charge in [0.05, 0.1) is 23.7 Å². The molecule has 0 bridgehead atoms. The van der Waals surface area contributed by atoms with Gasteiger partial charge in [-0.05, 0) is 18.6 Å². The van der Waals surface area contributed by atoms with E-state index in [2.05, 4.69) is 5.32 Å². The molecule has 0 aromatic heterocycles. The van der Waals surface area contributed by atoms with E-state index in [1.165, 1.54) is 0 Å². The molecule has 0 aliphatic rings. The minimum absolute atomic E-state index is 0.0233. The van der Waals surface area contributed by atoms with E-state index in [0.717, 1.165) is 12.1 Å². The maximum Gasteiger partial charge on any atom is 0.416 e. The maximum atomic E-state index is 12.5. The average molecular weight is 308 g/mol. The lowest BCUT2D eigenvalue weighted by Crippen LogP contribution is -2.10. The Labute approximate surface area is 118 Å². The van der Waals surface area contributed by atoms with Crippen LogP contribution in [0.15, 0.2) is 18.2 Å². The number of hydrogen-bond donors (Lipinski definition) is 2. The molecule has 2 N–H and O–H groups in total. The van der Waals surface area contributed by atoms with E-state index in [0.29, 0.717) is 25.6 Å². The molecule has 0 atom stereocenters. The second-order valence-electron chi connectivity index (χ2n) is 4.10. The van der Waals surface area contributed by atoms with Gasteiger partial charge in [0.15, 0.2) is 0 Å². The van der Waals surface area contributed by atoms with Gasteiger partial charge in [0.25, 0.3) is 5.69 Å². The number of alkyl halides is 3. The summed E-state index contributed by atoms with van der Waals surface area (Å²) in [7, 11) is 0. The summed E-state index contributed by atoms with van der Waals surface area (Å²) in [5.74, 6) is 0. The molecule has 1 aromatic rings. The summed E-state index contributed by atoms with van der Waals surface area (Å²) in [6.07, 6.45) is -4.13. The van der Waals surface area contributed by atoms with Crippen LogP contribution >= 0.6 is 0 Å². The molecule has 0 spiro atoms. The van der Waals surface area contributed by atoms with Crippen molar-refractivity contribution in [3.05, 3.63) is 33.9 Å². The van der Waals surface area contributed by atoms with Crippen molar-refractivity contribution in [3.63, 3.8) is 0 Å². The minimum Gasteiger partial charge on any atom is -0.394 e. The zero-order valence-electron chi connectivity index (χ0n) is 11.0. The van der Waals surface area contributed by atoms with E-state index >= 15 is 0 Å². The van der Waals surface area contributed by atoms with Crippen LogP contribution < -0.4 is 5.32 Å². The number of hydrogen-bond acceptors (Lipinski definition) is 5. The van der Waals surface area contributed by atoms with Gasteiger partial charge in [0.2, 0.25) is 0 Å². The summed E-state index contributed by atoms with van der Waals surface area (Å²) < 4.78 is 42.5. The Hall–Kier alpha value is -1.87. The van der Waals surface area contributed by atoms with Crippen molar-refractivity contribution in [1.29, 1.82) is 0 Å². The first-order valence-corrected chi connectivity index (χ1v) is 6.14. The van der Waals surface area contributed by atoms with Crippen molar-refractivity contribution in [2.75, 3.05) is 31.7 Å². The molecule has 0 fully saturated rings. The molecule has 0 unspecified atom stereocenters. The second kappa shape index (κ2) is 7.79. The van der Waals surface area contributed by atoms with E-state index in [4.69, 9.17) is 9.84 Å². The number of halogens is 3. The van der Waals surface area contributed by atoms with Gasteiger partial charge in [0.1, 0.15) is 5.69 Å². The molecule has 21 heavy (non-hydrogen) atoms. The predicted molar refractivity (Wildman–Crippen MR) is 69.1 cm³/mol. The van der Waals surface area contributed by atoms with Crippen LogP contribution in [0.4, 0.5) is 24.5 Å². The molecule has 1 rings (SSSR count). The Morgan fingerprint density at radius 1 is 1.33 bits per heavy atom. The number of rotatable bonds is 8. The molecule has 6 nitrogen and oxygen atoms in total. The number of nitro groups is 1. The topological polar surface area (TPSA) is 84.6 Å². The molecule has 0 heterocycles. The molecular formula is C12H15F3N2O4. The number of nitro benzene ring substituents is 1. The van der Waals surface area contributed by atoms with E-state index in [1.54, 1.807) is 0 Å². The van der Waals surface area contributed by atoms with Crippen LogP contribution in [0.2, 0.25) is 0 Å². The Kier molecular flexibility index (Phi) is 6.38. The van der Waals surface area contributed by atoms with Crippen LogP contribution in [0.1, 0.15) is 12.0 Å². The van der Waals surface area contributed by atoms with Gasteiger partial charge in [0, 0.05) is 19.2 Å². The van der Waals surface area contributed by atoms with Crippen molar-refractivity contribution < 1.29 is 27.9 Å². The lowest BCUT2D eigenvalue weighted by molar-refractivity contribution is -0.384. The van der Waals surface area contributed by atoms with E-state index in [9.17, 15) is 23.3 Å². The number of ether oxygens (including phenoxy) is 1. The Balaban J connectivity index is 2.67. The smallest absolute Gasteiger partial charge is 0.394 e. The normalized spacial score (nSPS) is 11.4. The summed E-state index contributed by atoms with van der Waals surface area (Å²) in [5.41, 5.74) is -1.66. The predicted octanol–water partition coefficient (Wildman–Crippen LogP) is 2.42. The number of nitrogens with one attached hydrogen (secondary N) is 1. The van der Waals surface area contributed by atoms with Gasteiger partial charge in [-0.2, -0.15) is 13.2 Å². The van der Waals surface area contributed by atoms with Crippen molar-refractivity contribution in [3.8, 4) is 0 Å². The van der Waals surface area contributed by atoms with Crippen LogP contribution in [-0.2, 0) is 10.9 Å². The molecule has 0 saturated carbocycles. The van der Waals surface area contributed by atoms with Gasteiger partial charge >= 0.3 is 6.18 Å². The van der Waals surface area contributed by atoms with E-state index in [1.807, 2.05) is 0 Å². The van der Waals surface area contributed by atoms with Crippen molar-refractivity contribution in [2.24, 2.45) is 0 Å². The zero-order chi connectivity index (χ0) is 15.9. The molecule has 0 aliphatic heterocycles. The largest absolute Gasteiger partial charge is 0.416 e. The third kappa shape index (κ3) is 5.56. The SMILES string of the molecule is O=[N+]([O-])c1cc(C(F)(F)F)ccc1NCCCOCCO. The number of benzene rings is 1. The molecular weight excluding hydrogens is 293 g/mol. The van der Waals surface area contributed by atoms with E-state index in [-0.39, 0.29) is 18.9 Å². The molecule has 118 valence electrons. The van der Waals surface area contributed by atoms with Crippen molar-refractivity contribution in [1.82, 2.24) is 0 Å². The quantitative estimate of drug-likeness (QED) is 0.438. The van der Waals surface area contributed by atoms with Gasteiger partial charge in [-0.3, -0.25) is 10.1 Å². The first-order chi connectivity index (χ1) is 9.86. The summed E-state index contributed by atoms with van der Waals surface area (Å²) in [5, 5.41) is 22.0. The van der Waals surface area contributed by atoms with Gasteiger partial charge in [-0.25, -0.2) is 0 Å². The highest BCUT2D eigenvalue weighted by Crippen LogP contribution is 2.34. The number of nitrogens with zero attached hydrogens (tertiary/aromatic N) is 1. The molecule has 0 radical (unpaired) electrons. The monoisotopic (exact) mass is 308 g/mol. The fourth-order valence-corrected chi connectivity index (χ4v) is 1.57. The van der Waals surface area contributed by atoms with Crippen LogP contribution in [0.3, 0.4) is 0 Å². The maximum absolute atomic E-state index is 12.5. The second-order valence-corrected chi connectivity index (χ2v) is 4.10. The highest BCUT2D eigenvalue weighted by atomic mass is 19.4. The summed E-state index contributed by atoms with van der Waals surface area (Å²) >= 11 is 0. The first-order valence-electron chi connectivity index (χ1n) is 6.14. The molecule has 0 aliphatic carbocycles.